The summed E-state index contributed by atoms with van der Waals surface area (Å²) in [5.74, 6) is -0.294. The number of rotatable bonds is 2. The van der Waals surface area contributed by atoms with Gasteiger partial charge in [-0.15, -0.1) is 11.3 Å². The number of nitrogens with zero attached hydrogens (tertiary/aromatic N) is 1. The molecule has 0 saturated heterocycles. The maximum absolute atomic E-state index is 13.3. The largest absolute Gasteiger partial charge is 0.326 e. The Kier molecular flexibility index (Phi) is 2.56. The predicted octanol–water partition coefficient (Wildman–Crippen LogP) is 2.41. The van der Waals surface area contributed by atoms with E-state index in [1.807, 2.05) is 12.1 Å². The first kappa shape index (κ1) is 9.30. The molecule has 0 radical (unpaired) electrons. The topological polar surface area (TPSA) is 38.9 Å². The molecule has 0 aromatic carbocycles. The van der Waals surface area contributed by atoms with Crippen LogP contribution in [0.5, 0.6) is 0 Å². The van der Waals surface area contributed by atoms with E-state index in [0.29, 0.717) is 12.1 Å². The first-order valence-corrected chi connectivity index (χ1v) is 5.01. The van der Waals surface area contributed by atoms with Crippen molar-refractivity contribution in [3.63, 3.8) is 0 Å². The minimum atomic E-state index is -0.294. The van der Waals surface area contributed by atoms with Crippen LogP contribution in [0.15, 0.2) is 30.6 Å². The number of thiophene rings is 1. The van der Waals surface area contributed by atoms with Crippen LogP contribution >= 0.6 is 11.3 Å². The molecule has 0 aliphatic rings. The standard InChI is InChI=1S/C10H9FN2S/c11-9-6-13-4-3-8(9)10-2-1-7(5-12)14-10/h1-4,6H,5,12H2. The summed E-state index contributed by atoms with van der Waals surface area (Å²) in [6.07, 6.45) is 2.80. The zero-order chi connectivity index (χ0) is 9.97. The fourth-order valence-corrected chi connectivity index (χ4v) is 2.12. The normalized spacial score (nSPS) is 10.4. The lowest BCUT2D eigenvalue weighted by atomic mass is 10.2. The van der Waals surface area contributed by atoms with Gasteiger partial charge in [0.25, 0.3) is 0 Å². The third-order valence-corrected chi connectivity index (χ3v) is 3.04. The van der Waals surface area contributed by atoms with Crippen LogP contribution in [-0.2, 0) is 6.54 Å². The molecule has 2 N–H and O–H groups in total. The molecule has 2 rings (SSSR count). The predicted molar refractivity (Wildman–Crippen MR) is 55.4 cm³/mol. The molecule has 2 aromatic rings. The molecule has 2 aromatic heterocycles. The Morgan fingerprint density at radius 1 is 1.36 bits per heavy atom. The molecule has 2 heterocycles. The van der Waals surface area contributed by atoms with Gasteiger partial charge in [-0.3, -0.25) is 4.98 Å². The van der Waals surface area contributed by atoms with Crippen molar-refractivity contribution in [3.8, 4) is 10.4 Å². The highest BCUT2D eigenvalue weighted by Gasteiger charge is 2.06. The Hall–Kier alpha value is -1.26. The molecule has 0 spiro atoms. The summed E-state index contributed by atoms with van der Waals surface area (Å²) in [6.45, 7) is 0.497. The number of pyridine rings is 1. The summed E-state index contributed by atoms with van der Waals surface area (Å²) in [4.78, 5) is 5.65. The van der Waals surface area contributed by atoms with Crippen molar-refractivity contribution in [2.75, 3.05) is 0 Å². The van der Waals surface area contributed by atoms with Crippen LogP contribution in [0, 0.1) is 5.82 Å². The van der Waals surface area contributed by atoms with E-state index in [2.05, 4.69) is 4.98 Å². The van der Waals surface area contributed by atoms with Crippen LogP contribution < -0.4 is 5.73 Å². The number of halogens is 1. The van der Waals surface area contributed by atoms with E-state index < -0.39 is 0 Å². The summed E-state index contributed by atoms with van der Waals surface area (Å²) in [6, 6.07) is 5.46. The first-order valence-electron chi connectivity index (χ1n) is 4.20. The van der Waals surface area contributed by atoms with Crippen LogP contribution in [0.2, 0.25) is 0 Å². The summed E-state index contributed by atoms with van der Waals surface area (Å²) in [5.41, 5.74) is 6.07. The van der Waals surface area contributed by atoms with Gasteiger partial charge in [-0.25, -0.2) is 4.39 Å². The molecule has 2 nitrogen and oxygen atoms in total. The summed E-state index contributed by atoms with van der Waals surface area (Å²) >= 11 is 1.51. The number of aromatic nitrogens is 1. The van der Waals surface area contributed by atoms with Gasteiger partial charge in [0.2, 0.25) is 0 Å². The molecular formula is C10H9FN2S. The second kappa shape index (κ2) is 3.86. The van der Waals surface area contributed by atoms with Crippen LogP contribution in [0.25, 0.3) is 10.4 Å². The Morgan fingerprint density at radius 3 is 2.86 bits per heavy atom. The van der Waals surface area contributed by atoms with Gasteiger partial charge in [0, 0.05) is 28.1 Å². The molecule has 14 heavy (non-hydrogen) atoms. The highest BCUT2D eigenvalue weighted by Crippen LogP contribution is 2.29. The number of hydrogen-bond donors (Lipinski definition) is 1. The van der Waals surface area contributed by atoms with E-state index in [9.17, 15) is 4.39 Å². The van der Waals surface area contributed by atoms with Gasteiger partial charge < -0.3 is 5.73 Å². The molecule has 0 aliphatic heterocycles. The second-order valence-corrected chi connectivity index (χ2v) is 3.99. The van der Waals surface area contributed by atoms with Crippen molar-refractivity contribution in [3.05, 3.63) is 41.3 Å². The first-order chi connectivity index (χ1) is 6.81. The molecule has 0 atom stereocenters. The third kappa shape index (κ3) is 1.66. The molecule has 4 heteroatoms. The van der Waals surface area contributed by atoms with Gasteiger partial charge in [0.15, 0.2) is 0 Å². The van der Waals surface area contributed by atoms with E-state index in [-0.39, 0.29) is 5.82 Å². The van der Waals surface area contributed by atoms with Crippen molar-refractivity contribution in [2.24, 2.45) is 5.73 Å². The highest BCUT2D eigenvalue weighted by atomic mass is 32.1. The maximum atomic E-state index is 13.3. The van der Waals surface area contributed by atoms with Gasteiger partial charge in [-0.05, 0) is 18.2 Å². The summed E-state index contributed by atoms with van der Waals surface area (Å²) in [7, 11) is 0. The minimum Gasteiger partial charge on any atom is -0.326 e. The molecule has 0 fully saturated rings. The SMILES string of the molecule is NCc1ccc(-c2ccncc2F)s1. The number of nitrogens with two attached hydrogens (primary N) is 1. The average Bonchev–Trinajstić information content (AvgIpc) is 2.67. The Bertz CT molecular complexity index is 439. The van der Waals surface area contributed by atoms with E-state index in [0.717, 1.165) is 9.75 Å². The van der Waals surface area contributed by atoms with Crippen molar-refractivity contribution < 1.29 is 4.39 Å². The Balaban J connectivity index is 2.44. The van der Waals surface area contributed by atoms with E-state index in [1.54, 1.807) is 12.3 Å². The lowest BCUT2D eigenvalue weighted by molar-refractivity contribution is 0.625. The van der Waals surface area contributed by atoms with Crippen molar-refractivity contribution in [1.82, 2.24) is 4.98 Å². The maximum Gasteiger partial charge on any atom is 0.150 e. The van der Waals surface area contributed by atoms with Crippen molar-refractivity contribution in [2.45, 2.75) is 6.54 Å². The van der Waals surface area contributed by atoms with Gasteiger partial charge in [0.05, 0.1) is 6.20 Å². The third-order valence-electron chi connectivity index (χ3n) is 1.90. The minimum absolute atomic E-state index is 0.294. The van der Waals surface area contributed by atoms with Crippen LogP contribution in [0.4, 0.5) is 4.39 Å². The van der Waals surface area contributed by atoms with Gasteiger partial charge >= 0.3 is 0 Å². The Labute approximate surface area is 85.2 Å². The van der Waals surface area contributed by atoms with Gasteiger partial charge in [-0.1, -0.05) is 0 Å². The van der Waals surface area contributed by atoms with E-state index in [1.165, 1.54) is 17.5 Å². The van der Waals surface area contributed by atoms with Crippen molar-refractivity contribution in [1.29, 1.82) is 0 Å². The quantitative estimate of drug-likeness (QED) is 0.823. The lowest BCUT2D eigenvalue weighted by Crippen LogP contribution is -1.91. The summed E-state index contributed by atoms with van der Waals surface area (Å²) < 4.78 is 13.3. The number of hydrogen-bond acceptors (Lipinski definition) is 3. The fraction of sp³-hybridized carbons (Fsp3) is 0.100. The molecule has 0 unspecified atom stereocenters. The zero-order valence-corrected chi connectivity index (χ0v) is 8.22. The smallest absolute Gasteiger partial charge is 0.150 e. The second-order valence-electron chi connectivity index (χ2n) is 2.83. The average molecular weight is 208 g/mol. The van der Waals surface area contributed by atoms with E-state index in [4.69, 9.17) is 5.73 Å². The molecule has 0 aliphatic carbocycles. The van der Waals surface area contributed by atoms with E-state index >= 15 is 0 Å². The zero-order valence-electron chi connectivity index (χ0n) is 7.40. The fourth-order valence-electron chi connectivity index (χ4n) is 1.21. The molecule has 0 saturated carbocycles. The molecular weight excluding hydrogens is 199 g/mol. The van der Waals surface area contributed by atoms with Crippen molar-refractivity contribution >= 4 is 11.3 Å². The van der Waals surface area contributed by atoms with Gasteiger partial charge in [-0.2, -0.15) is 0 Å². The molecule has 72 valence electrons. The lowest BCUT2D eigenvalue weighted by Gasteiger charge is -1.97. The highest BCUT2D eigenvalue weighted by molar-refractivity contribution is 7.15. The van der Waals surface area contributed by atoms with Crippen LogP contribution in [0.3, 0.4) is 0 Å². The van der Waals surface area contributed by atoms with Gasteiger partial charge in [0.1, 0.15) is 5.82 Å². The van der Waals surface area contributed by atoms with Crippen LogP contribution in [-0.4, -0.2) is 4.98 Å². The molecule has 0 amide bonds. The summed E-state index contributed by atoms with van der Waals surface area (Å²) in [5, 5.41) is 0. The molecule has 0 bridgehead atoms. The monoisotopic (exact) mass is 208 g/mol. The van der Waals surface area contributed by atoms with Crippen LogP contribution in [0.1, 0.15) is 4.88 Å². The Morgan fingerprint density at radius 2 is 2.21 bits per heavy atom.